The third-order valence-electron chi connectivity index (χ3n) is 5.39. The molecule has 2 aliphatic rings. The van der Waals surface area contributed by atoms with Crippen molar-refractivity contribution < 1.29 is 9.18 Å². The summed E-state index contributed by atoms with van der Waals surface area (Å²) < 4.78 is 14.4. The molecule has 0 saturated carbocycles. The number of nitrogens with two attached hydrogens (primary N) is 1. The van der Waals surface area contributed by atoms with Gasteiger partial charge in [-0.05, 0) is 55.0 Å². The quantitative estimate of drug-likeness (QED) is 0.876. The van der Waals surface area contributed by atoms with Gasteiger partial charge in [-0.2, -0.15) is 5.10 Å². The van der Waals surface area contributed by atoms with E-state index >= 15 is 0 Å². The molecule has 1 aliphatic heterocycles. The van der Waals surface area contributed by atoms with Crippen LogP contribution >= 0.6 is 11.8 Å². The molecule has 2 atom stereocenters. The topological polar surface area (TPSA) is 58.7 Å². The van der Waals surface area contributed by atoms with E-state index in [2.05, 4.69) is 17.2 Å². The molecule has 0 unspecified atom stereocenters. The molecule has 27 heavy (non-hydrogen) atoms. The van der Waals surface area contributed by atoms with E-state index in [0.717, 1.165) is 24.8 Å². The van der Waals surface area contributed by atoms with E-state index in [0.29, 0.717) is 17.2 Å². The number of hydrogen-bond donors (Lipinski definition) is 1. The summed E-state index contributed by atoms with van der Waals surface area (Å²) in [6.07, 6.45) is 2.65. The smallest absolute Gasteiger partial charge is 0.241 e. The zero-order valence-corrected chi connectivity index (χ0v) is 16.0. The standard InChI is InChI=1S/C21H22FN3OS/c1-14(26)25-21(27-20(24-25)17-7-3-5-9-19(17)22)16(12-13-23)11-10-15-6-2-4-8-18(15)21/h2-9,16H,10-13,23H2,1H3/t16-,21-/m1/s1. The number of nitrogens with zero attached hydrogens (tertiary/aromatic N) is 2. The average Bonchev–Trinajstić information content (AvgIpc) is 3.06. The second-order valence-electron chi connectivity index (χ2n) is 6.98. The number of thioether (sulfide) groups is 1. The Labute approximate surface area is 162 Å². The van der Waals surface area contributed by atoms with Crippen LogP contribution in [0.15, 0.2) is 53.6 Å². The second-order valence-corrected chi connectivity index (χ2v) is 8.20. The minimum absolute atomic E-state index is 0.146. The SMILES string of the molecule is CC(=O)N1N=C(c2ccccc2F)S[C@]12c1ccccc1CC[C@@H]2CCN. The number of hydrazone groups is 1. The van der Waals surface area contributed by atoms with Crippen molar-refractivity contribution in [3.05, 3.63) is 71.0 Å². The molecule has 4 rings (SSSR count). The van der Waals surface area contributed by atoms with Gasteiger partial charge in [0.1, 0.15) is 15.7 Å². The van der Waals surface area contributed by atoms with Crippen LogP contribution in [0, 0.1) is 11.7 Å². The highest BCUT2D eigenvalue weighted by atomic mass is 32.2. The van der Waals surface area contributed by atoms with Crippen molar-refractivity contribution >= 4 is 22.7 Å². The maximum absolute atomic E-state index is 14.4. The van der Waals surface area contributed by atoms with Crippen molar-refractivity contribution in [1.82, 2.24) is 5.01 Å². The highest BCUT2D eigenvalue weighted by Gasteiger charge is 2.55. The van der Waals surface area contributed by atoms with Crippen LogP contribution in [0.1, 0.15) is 36.5 Å². The molecule has 0 fully saturated rings. The molecule has 2 aromatic rings. The largest absolute Gasteiger partial charge is 0.330 e. The third kappa shape index (κ3) is 2.87. The van der Waals surface area contributed by atoms with E-state index in [1.807, 2.05) is 12.1 Å². The first-order valence-corrected chi connectivity index (χ1v) is 10.0. The second kappa shape index (κ2) is 7.09. The molecule has 2 N–H and O–H groups in total. The Morgan fingerprint density at radius 1 is 1.30 bits per heavy atom. The molecular formula is C21H22FN3OS. The van der Waals surface area contributed by atoms with E-state index in [4.69, 9.17) is 5.73 Å². The van der Waals surface area contributed by atoms with Gasteiger partial charge in [0, 0.05) is 12.5 Å². The van der Waals surface area contributed by atoms with E-state index in [1.165, 1.54) is 30.3 Å². The van der Waals surface area contributed by atoms with Gasteiger partial charge in [-0.15, -0.1) is 0 Å². The number of halogens is 1. The fraction of sp³-hybridized carbons (Fsp3) is 0.333. The summed E-state index contributed by atoms with van der Waals surface area (Å²) in [7, 11) is 0. The van der Waals surface area contributed by atoms with Crippen LogP contribution in [-0.2, 0) is 16.1 Å². The number of hydrogen-bond acceptors (Lipinski definition) is 4. The Kier molecular flexibility index (Phi) is 4.78. The number of carbonyl (C=O) groups excluding carboxylic acids is 1. The van der Waals surface area contributed by atoms with Gasteiger partial charge in [-0.1, -0.05) is 48.2 Å². The van der Waals surface area contributed by atoms with Crippen molar-refractivity contribution in [2.24, 2.45) is 16.8 Å². The van der Waals surface area contributed by atoms with Gasteiger partial charge in [0.15, 0.2) is 0 Å². The summed E-state index contributed by atoms with van der Waals surface area (Å²) in [5, 5.41) is 6.72. The highest BCUT2D eigenvalue weighted by Crippen LogP contribution is 2.57. The van der Waals surface area contributed by atoms with E-state index in [1.54, 1.807) is 23.2 Å². The molecule has 1 aliphatic carbocycles. The Morgan fingerprint density at radius 2 is 2.04 bits per heavy atom. The molecule has 1 heterocycles. The number of fused-ring (bicyclic) bond motifs is 2. The molecule has 6 heteroatoms. The maximum atomic E-state index is 14.4. The number of rotatable bonds is 3. The van der Waals surface area contributed by atoms with E-state index in [-0.39, 0.29) is 17.6 Å². The lowest BCUT2D eigenvalue weighted by Gasteiger charge is -2.45. The van der Waals surface area contributed by atoms with Crippen molar-refractivity contribution in [3.8, 4) is 0 Å². The molecule has 0 saturated heterocycles. The van der Waals surface area contributed by atoms with Gasteiger partial charge >= 0.3 is 0 Å². The molecule has 0 radical (unpaired) electrons. The van der Waals surface area contributed by atoms with Gasteiger partial charge in [-0.3, -0.25) is 4.79 Å². The summed E-state index contributed by atoms with van der Waals surface area (Å²) in [6, 6.07) is 14.8. The van der Waals surface area contributed by atoms with Gasteiger partial charge in [-0.25, -0.2) is 9.40 Å². The fourth-order valence-corrected chi connectivity index (χ4v) is 5.88. The number of aryl methyl sites for hydroxylation is 1. The van der Waals surface area contributed by atoms with Crippen LogP contribution in [0.3, 0.4) is 0 Å². The summed E-state index contributed by atoms with van der Waals surface area (Å²) in [5.41, 5.74) is 8.65. The Morgan fingerprint density at radius 3 is 2.78 bits per heavy atom. The van der Waals surface area contributed by atoms with Gasteiger partial charge in [0.25, 0.3) is 0 Å². The van der Waals surface area contributed by atoms with Crippen LogP contribution < -0.4 is 5.73 Å². The van der Waals surface area contributed by atoms with Crippen molar-refractivity contribution in [2.75, 3.05) is 6.54 Å². The average molecular weight is 383 g/mol. The van der Waals surface area contributed by atoms with Crippen molar-refractivity contribution in [2.45, 2.75) is 31.1 Å². The first kappa shape index (κ1) is 18.2. The van der Waals surface area contributed by atoms with Crippen LogP contribution in [0.2, 0.25) is 0 Å². The molecule has 4 nitrogen and oxygen atoms in total. The summed E-state index contributed by atoms with van der Waals surface area (Å²) in [4.78, 5) is 12.0. The number of amides is 1. The lowest BCUT2D eigenvalue weighted by molar-refractivity contribution is -0.134. The Hall–Kier alpha value is -2.18. The first-order valence-electron chi connectivity index (χ1n) is 9.19. The number of carbonyl (C=O) groups is 1. The van der Waals surface area contributed by atoms with Crippen LogP contribution in [0.4, 0.5) is 4.39 Å². The van der Waals surface area contributed by atoms with Gasteiger partial charge in [0.05, 0.1) is 0 Å². The predicted molar refractivity (Wildman–Crippen MR) is 107 cm³/mol. The molecule has 0 aromatic heterocycles. The zero-order chi connectivity index (χ0) is 19.0. The molecule has 2 aromatic carbocycles. The zero-order valence-electron chi connectivity index (χ0n) is 15.2. The van der Waals surface area contributed by atoms with Crippen LogP contribution in [0.5, 0.6) is 0 Å². The normalized spacial score (nSPS) is 24.0. The van der Waals surface area contributed by atoms with Crippen molar-refractivity contribution in [1.29, 1.82) is 0 Å². The van der Waals surface area contributed by atoms with Crippen molar-refractivity contribution in [3.63, 3.8) is 0 Å². The highest BCUT2D eigenvalue weighted by molar-refractivity contribution is 8.15. The lowest BCUT2D eigenvalue weighted by Crippen LogP contribution is -2.49. The van der Waals surface area contributed by atoms with Gasteiger partial charge < -0.3 is 5.73 Å². The minimum Gasteiger partial charge on any atom is -0.330 e. The summed E-state index contributed by atoms with van der Waals surface area (Å²) >= 11 is 1.49. The first-order chi connectivity index (χ1) is 13.1. The van der Waals surface area contributed by atoms with Crippen LogP contribution in [0.25, 0.3) is 0 Å². The number of benzene rings is 2. The Balaban J connectivity index is 1.89. The molecular weight excluding hydrogens is 361 g/mol. The molecule has 1 amide bonds. The minimum atomic E-state index is -0.669. The monoisotopic (exact) mass is 383 g/mol. The predicted octanol–water partition coefficient (Wildman–Crippen LogP) is 3.85. The fourth-order valence-electron chi connectivity index (χ4n) is 4.22. The molecule has 0 bridgehead atoms. The van der Waals surface area contributed by atoms with Gasteiger partial charge in [0.2, 0.25) is 5.91 Å². The molecule has 140 valence electrons. The summed E-state index contributed by atoms with van der Waals surface area (Å²) in [6.45, 7) is 2.06. The third-order valence-corrected chi connectivity index (χ3v) is 6.93. The maximum Gasteiger partial charge on any atom is 0.241 e. The molecule has 1 spiro atoms. The Bertz CT molecular complexity index is 916. The van der Waals surface area contributed by atoms with Crippen LogP contribution in [-0.4, -0.2) is 22.5 Å². The van der Waals surface area contributed by atoms with E-state index in [9.17, 15) is 9.18 Å². The van der Waals surface area contributed by atoms with E-state index < -0.39 is 4.87 Å². The lowest BCUT2D eigenvalue weighted by atomic mass is 9.77. The summed E-state index contributed by atoms with van der Waals surface area (Å²) in [5.74, 6) is -0.323.